The fourth-order valence-corrected chi connectivity index (χ4v) is 4.08. The number of benzene rings is 1. The van der Waals surface area contributed by atoms with Crippen molar-refractivity contribution in [1.82, 2.24) is 15.1 Å². The summed E-state index contributed by atoms with van der Waals surface area (Å²) >= 11 is 1.30. The van der Waals surface area contributed by atoms with Crippen molar-refractivity contribution in [3.8, 4) is 0 Å². The van der Waals surface area contributed by atoms with E-state index < -0.39 is 11.9 Å². The van der Waals surface area contributed by atoms with E-state index >= 15 is 0 Å². The Morgan fingerprint density at radius 3 is 2.68 bits per heavy atom. The van der Waals surface area contributed by atoms with Gasteiger partial charge in [0, 0.05) is 18.4 Å². The number of carbonyl (C=O) groups is 3. The predicted octanol–water partition coefficient (Wildman–Crippen LogP) is 3.07. The zero-order valence-electron chi connectivity index (χ0n) is 17.6. The van der Waals surface area contributed by atoms with E-state index in [2.05, 4.69) is 10.4 Å². The van der Waals surface area contributed by atoms with E-state index in [9.17, 15) is 14.4 Å². The van der Waals surface area contributed by atoms with Crippen LogP contribution in [-0.2, 0) is 25.6 Å². The minimum atomic E-state index is -0.548. The molecule has 0 saturated carbocycles. The summed E-state index contributed by atoms with van der Waals surface area (Å²) in [7, 11) is 0. The van der Waals surface area contributed by atoms with Crippen LogP contribution in [0.25, 0.3) is 10.2 Å². The number of nitrogens with zero attached hydrogens (tertiary/aromatic N) is 2. The number of esters is 2. The van der Waals surface area contributed by atoms with Crippen LogP contribution in [0.1, 0.15) is 40.7 Å². The average Bonchev–Trinajstić information content (AvgIpc) is 3.32. The summed E-state index contributed by atoms with van der Waals surface area (Å²) in [6.07, 6.45) is 0.696. The fourth-order valence-electron chi connectivity index (χ4n) is 3.02. The molecule has 0 unspecified atom stereocenters. The van der Waals surface area contributed by atoms with Gasteiger partial charge in [0.25, 0.3) is 5.91 Å². The first-order valence-corrected chi connectivity index (χ1v) is 10.9. The Hall–Kier alpha value is -3.20. The maximum absolute atomic E-state index is 12.4. The Kier molecular flexibility index (Phi) is 7.77. The lowest BCUT2D eigenvalue weighted by Gasteiger charge is -2.06. The molecular weight excluding hydrogens is 418 g/mol. The molecule has 0 radical (unpaired) electrons. The highest BCUT2D eigenvalue weighted by Gasteiger charge is 2.18. The quantitative estimate of drug-likeness (QED) is 0.382. The Morgan fingerprint density at radius 2 is 1.94 bits per heavy atom. The summed E-state index contributed by atoms with van der Waals surface area (Å²) in [5, 5.41) is 8.08. The molecule has 1 N–H and O–H groups in total. The zero-order chi connectivity index (χ0) is 22.2. The number of carbonyl (C=O) groups excluding carboxylic acids is 3. The molecule has 0 spiro atoms. The van der Waals surface area contributed by atoms with Gasteiger partial charge in [-0.05, 0) is 31.9 Å². The average molecular weight is 444 g/mol. The zero-order valence-corrected chi connectivity index (χ0v) is 18.4. The molecule has 9 heteroatoms. The molecule has 0 aliphatic heterocycles. The minimum absolute atomic E-state index is 0.231. The third kappa shape index (κ3) is 6.14. The Labute approximate surface area is 184 Å². The number of nitrogens with one attached hydrogen (secondary N) is 1. The highest BCUT2D eigenvalue weighted by atomic mass is 32.1. The Balaban J connectivity index is 1.52. The lowest BCUT2D eigenvalue weighted by Crippen LogP contribution is -2.29. The van der Waals surface area contributed by atoms with Gasteiger partial charge >= 0.3 is 11.9 Å². The molecule has 0 aliphatic carbocycles. The molecule has 1 amide bonds. The number of aryl methyl sites for hydroxylation is 1. The van der Waals surface area contributed by atoms with E-state index in [1.54, 1.807) is 13.0 Å². The van der Waals surface area contributed by atoms with Crippen molar-refractivity contribution in [1.29, 1.82) is 0 Å². The molecule has 2 heterocycles. The van der Waals surface area contributed by atoms with Crippen molar-refractivity contribution in [3.63, 3.8) is 0 Å². The number of hydrogen-bond donors (Lipinski definition) is 1. The van der Waals surface area contributed by atoms with Crippen molar-refractivity contribution in [2.75, 3.05) is 19.8 Å². The van der Waals surface area contributed by atoms with Crippen LogP contribution in [0.15, 0.2) is 36.4 Å². The number of aromatic nitrogens is 2. The number of fused-ring (bicyclic) bond motifs is 1. The van der Waals surface area contributed by atoms with Crippen molar-refractivity contribution >= 4 is 39.4 Å². The largest absolute Gasteiger partial charge is 0.466 e. The van der Waals surface area contributed by atoms with Gasteiger partial charge in [0.2, 0.25) is 0 Å². The smallest absolute Gasteiger partial charge is 0.348 e. The van der Waals surface area contributed by atoms with Crippen molar-refractivity contribution in [3.05, 3.63) is 52.5 Å². The van der Waals surface area contributed by atoms with Crippen LogP contribution in [0.2, 0.25) is 0 Å². The molecule has 3 rings (SSSR count). The van der Waals surface area contributed by atoms with Crippen molar-refractivity contribution in [2.24, 2.45) is 0 Å². The molecule has 0 fully saturated rings. The lowest BCUT2D eigenvalue weighted by molar-refractivity contribution is -0.143. The third-order valence-electron chi connectivity index (χ3n) is 4.50. The molecule has 2 aromatic heterocycles. The van der Waals surface area contributed by atoms with Gasteiger partial charge in [0.15, 0.2) is 6.61 Å². The van der Waals surface area contributed by atoms with E-state index in [-0.39, 0.29) is 19.0 Å². The fraction of sp³-hybridized carbons (Fsp3) is 0.364. The van der Waals surface area contributed by atoms with Gasteiger partial charge in [0.05, 0.1) is 18.8 Å². The maximum Gasteiger partial charge on any atom is 0.348 e. The second-order valence-electron chi connectivity index (χ2n) is 6.89. The number of hydrogen-bond acceptors (Lipinski definition) is 7. The lowest BCUT2D eigenvalue weighted by atomic mass is 10.2. The molecule has 1 aromatic carbocycles. The Bertz CT molecular complexity index is 1060. The van der Waals surface area contributed by atoms with Crippen molar-refractivity contribution in [2.45, 2.75) is 33.2 Å². The van der Waals surface area contributed by atoms with E-state index in [0.29, 0.717) is 31.0 Å². The number of ether oxygens (including phenoxy) is 2. The maximum atomic E-state index is 12.4. The van der Waals surface area contributed by atoms with E-state index in [1.165, 1.54) is 11.3 Å². The summed E-state index contributed by atoms with van der Waals surface area (Å²) in [4.78, 5) is 36.8. The molecule has 31 heavy (non-hydrogen) atoms. The summed E-state index contributed by atoms with van der Waals surface area (Å²) in [6, 6.07) is 11.7. The second-order valence-corrected chi connectivity index (χ2v) is 7.92. The van der Waals surface area contributed by atoms with Crippen molar-refractivity contribution < 1.29 is 23.9 Å². The standard InChI is InChI=1S/C22H25N3O5S/c1-3-29-20(27)10-7-11-23-19(26)14-30-22(28)18-12-17-15(2)24-25(21(17)31-18)13-16-8-5-4-6-9-16/h4-6,8-9,12H,3,7,10-11,13-14H2,1-2H3,(H,23,26). The SMILES string of the molecule is CCOC(=O)CCCNC(=O)COC(=O)c1cc2c(C)nn(Cc3ccccc3)c2s1. The molecule has 0 atom stereocenters. The van der Waals surface area contributed by atoms with Gasteiger partial charge < -0.3 is 14.8 Å². The van der Waals surface area contributed by atoms with Crippen LogP contribution in [-0.4, -0.2) is 47.4 Å². The second kappa shape index (κ2) is 10.7. The Morgan fingerprint density at radius 1 is 1.16 bits per heavy atom. The third-order valence-corrected chi connectivity index (χ3v) is 5.63. The molecule has 3 aromatic rings. The summed E-state index contributed by atoms with van der Waals surface area (Å²) < 4.78 is 11.8. The summed E-state index contributed by atoms with van der Waals surface area (Å²) in [6.45, 7) is 4.52. The molecule has 0 aliphatic rings. The van der Waals surface area contributed by atoms with Gasteiger partial charge in [-0.2, -0.15) is 5.10 Å². The summed E-state index contributed by atoms with van der Waals surface area (Å²) in [5.74, 6) is -1.26. The van der Waals surface area contributed by atoms with Gasteiger partial charge in [0.1, 0.15) is 9.71 Å². The first kappa shape index (κ1) is 22.5. The molecule has 164 valence electrons. The van der Waals surface area contributed by atoms with E-state index in [4.69, 9.17) is 9.47 Å². The van der Waals surface area contributed by atoms with Gasteiger partial charge in [-0.3, -0.25) is 14.3 Å². The van der Waals surface area contributed by atoms with Crippen LogP contribution in [0.4, 0.5) is 0 Å². The van der Waals surface area contributed by atoms with Gasteiger partial charge in [-0.25, -0.2) is 4.79 Å². The monoisotopic (exact) mass is 443 g/mol. The minimum Gasteiger partial charge on any atom is -0.466 e. The first-order chi connectivity index (χ1) is 15.0. The number of amides is 1. The van der Waals surface area contributed by atoms with E-state index in [0.717, 1.165) is 21.5 Å². The number of rotatable bonds is 10. The predicted molar refractivity (Wildman–Crippen MR) is 117 cm³/mol. The first-order valence-electron chi connectivity index (χ1n) is 10.1. The molecule has 0 saturated heterocycles. The summed E-state index contributed by atoms with van der Waals surface area (Å²) in [5.41, 5.74) is 1.95. The van der Waals surface area contributed by atoms with Crippen LogP contribution >= 0.6 is 11.3 Å². The topological polar surface area (TPSA) is 99.5 Å². The van der Waals surface area contributed by atoms with Crippen LogP contribution in [0, 0.1) is 6.92 Å². The van der Waals surface area contributed by atoms with Crippen LogP contribution < -0.4 is 5.32 Å². The van der Waals surface area contributed by atoms with Gasteiger partial charge in [-0.15, -0.1) is 11.3 Å². The van der Waals surface area contributed by atoms with Crippen LogP contribution in [0.5, 0.6) is 0 Å². The molecule has 0 bridgehead atoms. The van der Waals surface area contributed by atoms with Crippen LogP contribution in [0.3, 0.4) is 0 Å². The molecular formula is C22H25N3O5S. The highest BCUT2D eigenvalue weighted by Crippen LogP contribution is 2.29. The van der Waals surface area contributed by atoms with E-state index in [1.807, 2.05) is 41.9 Å². The van der Waals surface area contributed by atoms with Gasteiger partial charge in [-0.1, -0.05) is 30.3 Å². The number of thiophene rings is 1. The highest BCUT2D eigenvalue weighted by molar-refractivity contribution is 7.20. The molecule has 8 nitrogen and oxygen atoms in total. The normalized spacial score (nSPS) is 10.8.